The van der Waals surface area contributed by atoms with E-state index in [1.54, 1.807) is 6.92 Å². The number of esters is 1. The molecule has 1 amide bonds. The number of ether oxygens (including phenoxy) is 1. The highest BCUT2D eigenvalue weighted by Gasteiger charge is 2.54. The second-order valence-corrected chi connectivity index (χ2v) is 9.43. The molecule has 8 nitrogen and oxygen atoms in total. The highest BCUT2D eigenvalue weighted by Crippen LogP contribution is 2.57. The van der Waals surface area contributed by atoms with Gasteiger partial charge in [-0.3, -0.25) is 14.9 Å². The van der Waals surface area contributed by atoms with E-state index < -0.39 is 10.9 Å². The van der Waals surface area contributed by atoms with Gasteiger partial charge in [-0.25, -0.2) is 4.79 Å². The number of nitro groups is 1. The molecule has 4 fully saturated rings. The molecule has 4 aliphatic carbocycles. The van der Waals surface area contributed by atoms with E-state index in [9.17, 15) is 19.7 Å². The average molecular weight is 425 g/mol. The van der Waals surface area contributed by atoms with Crippen LogP contribution in [0.15, 0.2) is 18.2 Å². The SMILES string of the molecule is Cc1cc(C(=O)OCC(=O)N(CCC#N)C23CC4CC(CC(C4)C2)C3)ccc1[N+](=O)[O-]. The molecule has 4 aliphatic rings. The lowest BCUT2D eigenvalue weighted by Gasteiger charge is -2.60. The van der Waals surface area contributed by atoms with Gasteiger partial charge in [0.15, 0.2) is 6.61 Å². The molecule has 0 unspecified atom stereocenters. The van der Waals surface area contributed by atoms with E-state index in [0.29, 0.717) is 29.9 Å². The Balaban J connectivity index is 1.45. The molecule has 164 valence electrons. The molecule has 8 heteroatoms. The third-order valence-corrected chi connectivity index (χ3v) is 7.28. The van der Waals surface area contributed by atoms with E-state index in [-0.39, 0.29) is 35.7 Å². The van der Waals surface area contributed by atoms with Crippen LogP contribution in [-0.4, -0.2) is 40.4 Å². The predicted octanol–water partition coefficient (Wildman–Crippen LogP) is 3.77. The van der Waals surface area contributed by atoms with Crippen LogP contribution in [0.3, 0.4) is 0 Å². The van der Waals surface area contributed by atoms with Gasteiger partial charge in [-0.2, -0.15) is 5.26 Å². The number of benzene rings is 1. The normalized spacial score (nSPS) is 28.1. The number of aryl methyl sites for hydroxylation is 1. The van der Waals surface area contributed by atoms with Crippen LogP contribution in [0.25, 0.3) is 0 Å². The van der Waals surface area contributed by atoms with Gasteiger partial charge in [0.1, 0.15) is 0 Å². The maximum absolute atomic E-state index is 13.2. The van der Waals surface area contributed by atoms with Crippen molar-refractivity contribution in [3.05, 3.63) is 39.4 Å². The Morgan fingerprint density at radius 1 is 1.23 bits per heavy atom. The van der Waals surface area contributed by atoms with E-state index in [1.165, 1.54) is 37.5 Å². The molecule has 0 aliphatic heterocycles. The number of amides is 1. The summed E-state index contributed by atoms with van der Waals surface area (Å²) in [6.07, 6.45) is 6.92. The number of carbonyl (C=O) groups excluding carboxylic acids is 2. The van der Waals surface area contributed by atoms with Crippen LogP contribution in [0.2, 0.25) is 0 Å². The Labute approximate surface area is 181 Å². The molecule has 0 heterocycles. The van der Waals surface area contributed by atoms with Gasteiger partial charge in [0.2, 0.25) is 0 Å². The minimum absolute atomic E-state index is 0.0721. The molecule has 0 N–H and O–H groups in total. The van der Waals surface area contributed by atoms with Crippen LogP contribution in [0.4, 0.5) is 5.69 Å². The number of nitrogens with zero attached hydrogens (tertiary/aromatic N) is 3. The molecule has 0 atom stereocenters. The first-order valence-corrected chi connectivity index (χ1v) is 10.9. The van der Waals surface area contributed by atoms with Crippen molar-refractivity contribution >= 4 is 17.6 Å². The lowest BCUT2D eigenvalue weighted by molar-refractivity contribution is -0.385. The number of rotatable bonds is 7. The van der Waals surface area contributed by atoms with Crippen LogP contribution in [-0.2, 0) is 9.53 Å². The van der Waals surface area contributed by atoms with Crippen molar-refractivity contribution < 1.29 is 19.2 Å². The van der Waals surface area contributed by atoms with E-state index in [0.717, 1.165) is 19.3 Å². The van der Waals surface area contributed by atoms with Crippen LogP contribution < -0.4 is 0 Å². The number of nitro benzene ring substituents is 1. The number of hydrogen-bond acceptors (Lipinski definition) is 6. The van der Waals surface area contributed by atoms with Crippen molar-refractivity contribution in [1.82, 2.24) is 4.90 Å². The van der Waals surface area contributed by atoms with Crippen molar-refractivity contribution in [2.75, 3.05) is 13.2 Å². The largest absolute Gasteiger partial charge is 0.452 e. The van der Waals surface area contributed by atoms with Crippen molar-refractivity contribution in [1.29, 1.82) is 5.26 Å². The van der Waals surface area contributed by atoms with Crippen molar-refractivity contribution in [2.24, 2.45) is 17.8 Å². The molecule has 1 aromatic rings. The van der Waals surface area contributed by atoms with Crippen LogP contribution in [0, 0.1) is 46.1 Å². The monoisotopic (exact) mass is 425 g/mol. The number of nitriles is 1. The molecule has 0 spiro atoms. The van der Waals surface area contributed by atoms with E-state index >= 15 is 0 Å². The molecule has 1 aromatic carbocycles. The zero-order chi connectivity index (χ0) is 22.2. The summed E-state index contributed by atoms with van der Waals surface area (Å²) in [5, 5.41) is 20.1. The molecule has 0 aromatic heterocycles. The van der Waals surface area contributed by atoms with Crippen molar-refractivity contribution in [3.8, 4) is 6.07 Å². The van der Waals surface area contributed by atoms with Gasteiger partial charge in [0.25, 0.3) is 11.6 Å². The zero-order valence-electron chi connectivity index (χ0n) is 17.7. The molecule has 0 saturated heterocycles. The summed E-state index contributed by atoms with van der Waals surface area (Å²) in [6, 6.07) is 6.14. The first-order chi connectivity index (χ1) is 14.8. The lowest BCUT2D eigenvalue weighted by atomic mass is 9.52. The third-order valence-electron chi connectivity index (χ3n) is 7.28. The van der Waals surface area contributed by atoms with Crippen LogP contribution >= 0.6 is 0 Å². The van der Waals surface area contributed by atoms with Crippen LogP contribution in [0.5, 0.6) is 0 Å². The summed E-state index contributed by atoms with van der Waals surface area (Å²) in [6.45, 7) is 1.52. The minimum atomic E-state index is -0.683. The second kappa shape index (κ2) is 8.29. The predicted molar refractivity (Wildman–Crippen MR) is 111 cm³/mol. The summed E-state index contributed by atoms with van der Waals surface area (Å²) in [5.41, 5.74) is 0.250. The van der Waals surface area contributed by atoms with Gasteiger partial charge < -0.3 is 9.64 Å². The first kappa shape index (κ1) is 21.3. The van der Waals surface area contributed by atoms with Gasteiger partial charge in [-0.05, 0) is 75.3 Å². The molecule has 5 rings (SSSR count). The Morgan fingerprint density at radius 2 is 1.84 bits per heavy atom. The van der Waals surface area contributed by atoms with Crippen molar-refractivity contribution in [3.63, 3.8) is 0 Å². The fourth-order valence-corrected chi connectivity index (χ4v) is 6.46. The molecule has 0 radical (unpaired) electrons. The topological polar surface area (TPSA) is 114 Å². The summed E-state index contributed by atoms with van der Waals surface area (Å²) in [4.78, 5) is 37.9. The molecular formula is C23H27N3O5. The molecule has 4 bridgehead atoms. The Hall–Kier alpha value is -2.95. The van der Waals surface area contributed by atoms with Gasteiger partial charge in [-0.1, -0.05) is 0 Å². The number of carbonyl (C=O) groups is 2. The Kier molecular flexibility index (Phi) is 5.69. The van der Waals surface area contributed by atoms with E-state index in [1.807, 2.05) is 4.90 Å². The van der Waals surface area contributed by atoms with Gasteiger partial charge >= 0.3 is 5.97 Å². The quantitative estimate of drug-likeness (QED) is 0.373. The van der Waals surface area contributed by atoms with E-state index in [2.05, 4.69) is 6.07 Å². The second-order valence-electron chi connectivity index (χ2n) is 9.43. The van der Waals surface area contributed by atoms with Gasteiger partial charge in [-0.15, -0.1) is 0 Å². The van der Waals surface area contributed by atoms with Crippen LogP contribution in [0.1, 0.15) is 60.9 Å². The summed E-state index contributed by atoms with van der Waals surface area (Å²) in [5.74, 6) is 0.999. The summed E-state index contributed by atoms with van der Waals surface area (Å²) >= 11 is 0. The zero-order valence-corrected chi connectivity index (χ0v) is 17.7. The van der Waals surface area contributed by atoms with E-state index in [4.69, 9.17) is 10.00 Å². The maximum atomic E-state index is 13.2. The van der Waals surface area contributed by atoms with Gasteiger partial charge in [0, 0.05) is 23.7 Å². The highest BCUT2D eigenvalue weighted by atomic mass is 16.6. The lowest BCUT2D eigenvalue weighted by Crippen LogP contribution is -2.62. The Morgan fingerprint density at radius 3 is 2.35 bits per heavy atom. The average Bonchev–Trinajstić information content (AvgIpc) is 2.70. The smallest absolute Gasteiger partial charge is 0.338 e. The summed E-state index contributed by atoms with van der Waals surface area (Å²) < 4.78 is 5.29. The van der Waals surface area contributed by atoms with Crippen molar-refractivity contribution in [2.45, 2.75) is 57.4 Å². The summed E-state index contributed by atoms with van der Waals surface area (Å²) in [7, 11) is 0. The first-order valence-electron chi connectivity index (χ1n) is 10.9. The molecule has 4 saturated carbocycles. The third kappa shape index (κ3) is 4.14. The number of hydrogen-bond donors (Lipinski definition) is 0. The fraction of sp³-hybridized carbons (Fsp3) is 0.609. The molecular weight excluding hydrogens is 398 g/mol. The highest BCUT2D eigenvalue weighted by molar-refractivity contribution is 5.92. The Bertz CT molecular complexity index is 916. The fourth-order valence-electron chi connectivity index (χ4n) is 6.46. The maximum Gasteiger partial charge on any atom is 0.338 e. The standard InChI is InChI=1S/C23H27N3O5/c1-15-7-19(3-4-20(15)26(29)30)22(28)31-14-21(27)25(6-2-5-24)23-11-16-8-17(12-23)10-18(9-16)13-23/h3-4,7,16-18H,2,6,8-14H2,1H3. The van der Waals surface area contributed by atoms with Gasteiger partial charge in [0.05, 0.1) is 23.0 Å². The minimum Gasteiger partial charge on any atom is -0.452 e. The molecule has 31 heavy (non-hydrogen) atoms.